The van der Waals surface area contributed by atoms with Crippen LogP contribution in [0.5, 0.6) is 11.5 Å². The summed E-state index contributed by atoms with van der Waals surface area (Å²) in [5, 5.41) is 14.1. The molecule has 4 aromatic carbocycles. The van der Waals surface area contributed by atoms with E-state index < -0.39 is 0 Å². The van der Waals surface area contributed by atoms with Crippen LogP contribution in [0.25, 0.3) is 17.1 Å². The fraction of sp³-hybridized carbons (Fsp3) is 0.125. The SMILES string of the molecule is CCOc1ccc(-n2c(SCC(=O)N/N=C/c3ccc(OCc4ccccc4)cc3)nnc2-c2ccc(Cl)cc2)cc1. The minimum atomic E-state index is -0.270. The number of ether oxygens (including phenoxy) is 2. The Balaban J connectivity index is 1.21. The predicted octanol–water partition coefficient (Wildman–Crippen LogP) is 6.81. The van der Waals surface area contributed by atoms with Crippen LogP contribution in [-0.4, -0.2) is 39.2 Å². The summed E-state index contributed by atoms with van der Waals surface area (Å²) in [6, 6.07) is 32.5. The van der Waals surface area contributed by atoms with E-state index in [9.17, 15) is 4.79 Å². The average Bonchev–Trinajstić information content (AvgIpc) is 3.45. The number of amides is 1. The molecule has 10 heteroatoms. The summed E-state index contributed by atoms with van der Waals surface area (Å²) < 4.78 is 13.3. The molecule has 1 heterocycles. The van der Waals surface area contributed by atoms with E-state index in [2.05, 4.69) is 20.7 Å². The lowest BCUT2D eigenvalue weighted by atomic mass is 10.2. The first kappa shape index (κ1) is 28.9. The quantitative estimate of drug-likeness (QED) is 0.0965. The molecule has 5 rings (SSSR count). The van der Waals surface area contributed by atoms with Crippen molar-refractivity contribution in [1.82, 2.24) is 20.2 Å². The van der Waals surface area contributed by atoms with Crippen molar-refractivity contribution in [3.05, 3.63) is 119 Å². The van der Waals surface area contributed by atoms with Crippen molar-refractivity contribution in [3.8, 4) is 28.6 Å². The van der Waals surface area contributed by atoms with Gasteiger partial charge in [-0.15, -0.1) is 10.2 Å². The van der Waals surface area contributed by atoms with Gasteiger partial charge in [-0.3, -0.25) is 9.36 Å². The largest absolute Gasteiger partial charge is 0.494 e. The molecule has 0 saturated heterocycles. The van der Waals surface area contributed by atoms with Gasteiger partial charge in [0.2, 0.25) is 0 Å². The zero-order chi connectivity index (χ0) is 29.1. The van der Waals surface area contributed by atoms with E-state index in [4.69, 9.17) is 21.1 Å². The maximum atomic E-state index is 12.6. The van der Waals surface area contributed by atoms with Crippen LogP contribution >= 0.6 is 23.4 Å². The maximum Gasteiger partial charge on any atom is 0.250 e. The number of hydrogen-bond donors (Lipinski definition) is 1. The lowest BCUT2D eigenvalue weighted by molar-refractivity contribution is -0.118. The molecule has 5 aromatic rings. The van der Waals surface area contributed by atoms with Crippen LogP contribution in [0.1, 0.15) is 18.1 Å². The van der Waals surface area contributed by atoms with Crippen molar-refractivity contribution >= 4 is 35.5 Å². The molecule has 0 aliphatic heterocycles. The third-order valence-electron chi connectivity index (χ3n) is 6.01. The van der Waals surface area contributed by atoms with E-state index in [1.165, 1.54) is 11.8 Å². The van der Waals surface area contributed by atoms with E-state index in [0.717, 1.165) is 33.9 Å². The van der Waals surface area contributed by atoms with E-state index >= 15 is 0 Å². The number of hydrogen-bond acceptors (Lipinski definition) is 7. The fourth-order valence-electron chi connectivity index (χ4n) is 3.97. The van der Waals surface area contributed by atoms with Gasteiger partial charge in [0.1, 0.15) is 18.1 Å². The topological polar surface area (TPSA) is 90.6 Å². The lowest BCUT2D eigenvalue weighted by Crippen LogP contribution is -2.20. The lowest BCUT2D eigenvalue weighted by Gasteiger charge is -2.11. The predicted molar refractivity (Wildman–Crippen MR) is 167 cm³/mol. The summed E-state index contributed by atoms with van der Waals surface area (Å²) in [6.45, 7) is 3.01. The molecule has 1 aromatic heterocycles. The van der Waals surface area contributed by atoms with Gasteiger partial charge >= 0.3 is 0 Å². The summed E-state index contributed by atoms with van der Waals surface area (Å²) in [7, 11) is 0. The Morgan fingerprint density at radius 3 is 2.31 bits per heavy atom. The smallest absolute Gasteiger partial charge is 0.250 e. The highest BCUT2D eigenvalue weighted by atomic mass is 35.5. The van der Waals surface area contributed by atoms with Crippen molar-refractivity contribution in [2.75, 3.05) is 12.4 Å². The number of rotatable bonds is 12. The molecule has 0 atom stereocenters. The van der Waals surface area contributed by atoms with Gasteiger partial charge in [0.25, 0.3) is 5.91 Å². The molecule has 0 unspecified atom stereocenters. The first-order valence-corrected chi connectivity index (χ1v) is 14.6. The van der Waals surface area contributed by atoms with Gasteiger partial charge in [0, 0.05) is 16.3 Å². The van der Waals surface area contributed by atoms with E-state index in [0.29, 0.717) is 29.2 Å². The summed E-state index contributed by atoms with van der Waals surface area (Å²) in [5.74, 6) is 1.98. The molecular weight excluding hydrogens is 570 g/mol. The molecule has 42 heavy (non-hydrogen) atoms. The molecule has 212 valence electrons. The molecule has 0 spiro atoms. The van der Waals surface area contributed by atoms with Crippen LogP contribution in [0.2, 0.25) is 5.02 Å². The average molecular weight is 598 g/mol. The number of carbonyl (C=O) groups excluding carboxylic acids is 1. The molecule has 1 N–H and O–H groups in total. The Hall–Kier alpha value is -4.60. The van der Waals surface area contributed by atoms with Crippen LogP contribution < -0.4 is 14.9 Å². The Morgan fingerprint density at radius 1 is 0.905 bits per heavy atom. The molecule has 0 aliphatic carbocycles. The number of thioether (sulfide) groups is 1. The number of aromatic nitrogens is 3. The Morgan fingerprint density at radius 2 is 1.60 bits per heavy atom. The molecule has 1 amide bonds. The van der Waals surface area contributed by atoms with Gasteiger partial charge in [0.05, 0.1) is 18.6 Å². The van der Waals surface area contributed by atoms with Crippen molar-refractivity contribution in [2.45, 2.75) is 18.7 Å². The second-order valence-corrected chi connectivity index (χ2v) is 10.4. The number of carbonyl (C=O) groups is 1. The van der Waals surface area contributed by atoms with Crippen molar-refractivity contribution in [1.29, 1.82) is 0 Å². The van der Waals surface area contributed by atoms with Crippen LogP contribution in [0.15, 0.2) is 113 Å². The van der Waals surface area contributed by atoms with Crippen molar-refractivity contribution in [2.24, 2.45) is 5.10 Å². The zero-order valence-electron chi connectivity index (χ0n) is 22.8. The monoisotopic (exact) mass is 597 g/mol. The molecule has 0 fully saturated rings. The van der Waals surface area contributed by atoms with Crippen LogP contribution in [0.3, 0.4) is 0 Å². The molecule has 0 radical (unpaired) electrons. The second kappa shape index (κ2) is 14.3. The Bertz CT molecular complexity index is 1620. The van der Waals surface area contributed by atoms with Gasteiger partial charge in [-0.05, 0) is 90.8 Å². The zero-order valence-corrected chi connectivity index (χ0v) is 24.4. The minimum Gasteiger partial charge on any atom is -0.494 e. The Kier molecular flexibility index (Phi) is 9.87. The van der Waals surface area contributed by atoms with Crippen molar-refractivity contribution in [3.63, 3.8) is 0 Å². The van der Waals surface area contributed by atoms with Gasteiger partial charge in [-0.2, -0.15) is 5.10 Å². The normalized spacial score (nSPS) is 11.0. The first-order chi connectivity index (χ1) is 20.6. The van der Waals surface area contributed by atoms with Gasteiger partial charge in [-0.1, -0.05) is 53.7 Å². The molecule has 0 bridgehead atoms. The van der Waals surface area contributed by atoms with Gasteiger partial charge in [-0.25, -0.2) is 5.43 Å². The third kappa shape index (κ3) is 7.78. The molecule has 8 nitrogen and oxygen atoms in total. The van der Waals surface area contributed by atoms with E-state index in [1.54, 1.807) is 18.3 Å². The number of halogens is 1. The molecule has 0 aliphatic rings. The van der Waals surface area contributed by atoms with E-state index in [1.807, 2.05) is 102 Å². The van der Waals surface area contributed by atoms with Gasteiger partial charge in [0.15, 0.2) is 11.0 Å². The highest BCUT2D eigenvalue weighted by molar-refractivity contribution is 7.99. The summed E-state index contributed by atoms with van der Waals surface area (Å²) in [6.07, 6.45) is 1.59. The van der Waals surface area contributed by atoms with E-state index in [-0.39, 0.29) is 11.7 Å². The fourth-order valence-corrected chi connectivity index (χ4v) is 4.84. The van der Waals surface area contributed by atoms with Gasteiger partial charge < -0.3 is 9.47 Å². The molecule has 0 saturated carbocycles. The number of hydrazone groups is 1. The number of nitrogens with one attached hydrogen (secondary N) is 1. The number of benzene rings is 4. The highest BCUT2D eigenvalue weighted by Crippen LogP contribution is 2.29. The highest BCUT2D eigenvalue weighted by Gasteiger charge is 2.17. The summed E-state index contributed by atoms with van der Waals surface area (Å²) in [4.78, 5) is 12.6. The van der Waals surface area contributed by atoms with Crippen LogP contribution in [0, 0.1) is 0 Å². The van der Waals surface area contributed by atoms with Crippen LogP contribution in [-0.2, 0) is 11.4 Å². The van der Waals surface area contributed by atoms with Crippen molar-refractivity contribution < 1.29 is 14.3 Å². The molecular formula is C32H28ClN5O3S. The van der Waals surface area contributed by atoms with Crippen LogP contribution in [0.4, 0.5) is 0 Å². The Labute approximate surface area is 253 Å². The minimum absolute atomic E-state index is 0.0966. The summed E-state index contributed by atoms with van der Waals surface area (Å²) in [5.41, 5.74) is 6.19. The second-order valence-electron chi connectivity index (χ2n) is 9.00. The first-order valence-electron chi connectivity index (χ1n) is 13.2. The number of nitrogens with zero attached hydrogens (tertiary/aromatic N) is 4. The maximum absolute atomic E-state index is 12.6. The third-order valence-corrected chi connectivity index (χ3v) is 7.19. The summed E-state index contributed by atoms with van der Waals surface area (Å²) >= 11 is 7.36. The standard InChI is InChI=1S/C32H28ClN5O3S/c1-2-40-28-18-14-27(15-19-28)38-31(25-10-12-26(33)13-11-25)36-37-32(38)42-22-30(39)35-34-20-23-8-16-29(17-9-23)41-21-24-6-4-3-5-7-24/h3-20H,2,21-22H2,1H3,(H,35,39)/b34-20+.